The summed E-state index contributed by atoms with van der Waals surface area (Å²) in [6, 6.07) is 8.59. The number of ether oxygens (including phenoxy) is 1. The van der Waals surface area contributed by atoms with E-state index >= 15 is 0 Å². The molecule has 3 aromatic heterocycles. The van der Waals surface area contributed by atoms with Gasteiger partial charge in [0.1, 0.15) is 21.9 Å². The quantitative estimate of drug-likeness (QED) is 0.234. The fraction of sp³-hybridized carbons (Fsp3) is 0.556. The summed E-state index contributed by atoms with van der Waals surface area (Å²) in [5.74, 6) is 3.36. The molecule has 3 aliphatic heterocycles. The molecular weight excluding hydrogens is 612 g/mol. The lowest BCUT2D eigenvalue weighted by Gasteiger charge is -2.43. The molecule has 1 aromatic carbocycles. The number of fused-ring (bicyclic) bond motifs is 2. The molecule has 0 N–H and O–H groups in total. The molecule has 12 heteroatoms. The molecule has 206 valence electrons. The first-order chi connectivity index (χ1) is 19.0. The fourth-order valence-corrected chi connectivity index (χ4v) is 6.79. The highest BCUT2D eigenvalue weighted by Crippen LogP contribution is 2.31. The maximum atomic E-state index is 13.7. The van der Waals surface area contributed by atoms with Gasteiger partial charge in [0.2, 0.25) is 5.95 Å². The average molecular weight is 646 g/mol. The number of likely N-dealkylation sites (tertiary alicyclic amines) is 2. The Hall–Kier alpha value is -2.42. The van der Waals surface area contributed by atoms with Crippen molar-refractivity contribution in [2.24, 2.45) is 7.05 Å². The van der Waals surface area contributed by atoms with Crippen LogP contribution in [0.1, 0.15) is 25.0 Å². The minimum Gasteiger partial charge on any atom is -0.364 e. The molecule has 7 rings (SSSR count). The van der Waals surface area contributed by atoms with Crippen LogP contribution in [0.15, 0.2) is 24.3 Å². The van der Waals surface area contributed by atoms with Gasteiger partial charge in [-0.1, -0.05) is 19.1 Å². The number of anilines is 1. The van der Waals surface area contributed by atoms with Gasteiger partial charge in [-0.05, 0) is 41.1 Å². The maximum Gasteiger partial charge on any atom is 0.239 e. The highest BCUT2D eigenvalue weighted by atomic mass is 127. The van der Waals surface area contributed by atoms with Crippen LogP contribution in [-0.2, 0) is 24.8 Å². The number of nitrogens with zero attached hydrogens (tertiary/aromatic N) is 9. The normalized spacial score (nSPS) is 23.3. The SMILES string of the molecule is CCc1nc2ccccc2n1-c1nc(N2CCOC(I)C2)c2nc(CN3CC(N4CCC(F)C4)C3)n(C)c2n1. The number of aromatic nitrogens is 6. The van der Waals surface area contributed by atoms with Gasteiger partial charge in [-0.15, -0.1) is 0 Å². The van der Waals surface area contributed by atoms with Gasteiger partial charge in [0.25, 0.3) is 0 Å². The van der Waals surface area contributed by atoms with Crippen molar-refractivity contribution in [3.63, 3.8) is 0 Å². The molecule has 10 nitrogen and oxygen atoms in total. The van der Waals surface area contributed by atoms with Gasteiger partial charge < -0.3 is 14.2 Å². The Kier molecular flexibility index (Phi) is 6.68. The summed E-state index contributed by atoms with van der Waals surface area (Å²) in [7, 11) is 2.05. The highest BCUT2D eigenvalue weighted by molar-refractivity contribution is 14.1. The molecule has 2 atom stereocenters. The van der Waals surface area contributed by atoms with Crippen LogP contribution in [0.25, 0.3) is 28.1 Å². The van der Waals surface area contributed by atoms with Crippen LogP contribution in [0.5, 0.6) is 0 Å². The first kappa shape index (κ1) is 25.5. The molecular formula is C27H33FIN9O. The minimum absolute atomic E-state index is 0.0841. The van der Waals surface area contributed by atoms with Crippen molar-refractivity contribution in [1.29, 1.82) is 0 Å². The topological polar surface area (TPSA) is 80.4 Å². The number of hydrogen-bond donors (Lipinski definition) is 0. The fourth-order valence-electron chi connectivity index (χ4n) is 6.06. The average Bonchev–Trinajstić information content (AvgIpc) is 3.60. The lowest BCUT2D eigenvalue weighted by molar-refractivity contribution is 0.0368. The third kappa shape index (κ3) is 4.58. The third-order valence-electron chi connectivity index (χ3n) is 8.23. The zero-order valence-corrected chi connectivity index (χ0v) is 24.5. The third-order valence-corrected chi connectivity index (χ3v) is 8.99. The summed E-state index contributed by atoms with van der Waals surface area (Å²) in [5.41, 5.74) is 3.58. The van der Waals surface area contributed by atoms with E-state index in [1.807, 2.05) is 25.2 Å². The molecule has 0 aliphatic carbocycles. The minimum atomic E-state index is -0.673. The summed E-state index contributed by atoms with van der Waals surface area (Å²) in [6.07, 6.45) is 0.760. The molecule has 0 bridgehead atoms. The van der Waals surface area contributed by atoms with E-state index in [-0.39, 0.29) is 4.11 Å². The largest absolute Gasteiger partial charge is 0.364 e. The van der Waals surface area contributed by atoms with Gasteiger partial charge in [0.15, 0.2) is 17.0 Å². The zero-order chi connectivity index (χ0) is 26.7. The Morgan fingerprint density at radius 2 is 1.87 bits per heavy atom. The second-order valence-corrected chi connectivity index (χ2v) is 12.2. The monoisotopic (exact) mass is 645 g/mol. The van der Waals surface area contributed by atoms with Gasteiger partial charge in [-0.2, -0.15) is 9.97 Å². The predicted octanol–water partition coefficient (Wildman–Crippen LogP) is 3.09. The van der Waals surface area contributed by atoms with E-state index in [1.165, 1.54) is 0 Å². The van der Waals surface area contributed by atoms with Crippen molar-refractivity contribution >= 4 is 50.6 Å². The number of morpholine rings is 1. The van der Waals surface area contributed by atoms with Gasteiger partial charge >= 0.3 is 0 Å². The number of hydrogen-bond acceptors (Lipinski definition) is 8. The van der Waals surface area contributed by atoms with Crippen LogP contribution in [0, 0.1) is 0 Å². The lowest BCUT2D eigenvalue weighted by Crippen LogP contribution is -2.58. The predicted molar refractivity (Wildman–Crippen MR) is 156 cm³/mol. The Balaban J connectivity index is 1.27. The number of halogens is 2. The molecule has 0 amide bonds. The molecule has 0 saturated carbocycles. The molecule has 2 unspecified atom stereocenters. The Bertz CT molecular complexity index is 1520. The molecule has 0 spiro atoms. The molecule has 39 heavy (non-hydrogen) atoms. The second-order valence-electron chi connectivity index (χ2n) is 10.8. The van der Waals surface area contributed by atoms with E-state index in [0.29, 0.717) is 31.6 Å². The van der Waals surface area contributed by atoms with Crippen molar-refractivity contribution in [2.75, 3.05) is 50.8 Å². The molecule has 3 saturated heterocycles. The van der Waals surface area contributed by atoms with Crippen molar-refractivity contribution < 1.29 is 9.13 Å². The standard InChI is InChI=1S/C27H33FIN9O/c1-3-22-30-19-6-4-5-7-20(19)38(22)27-32-25-24(26(33-27)37-10-11-39-21(29)15-37)31-23(34(25)2)16-35-13-18(14-35)36-9-8-17(28)12-36/h4-7,17-18,21H,3,8-16H2,1-2H3. The van der Waals surface area contributed by atoms with Gasteiger partial charge in [0.05, 0.1) is 30.7 Å². The number of aryl methyl sites for hydroxylation is 2. The Morgan fingerprint density at radius 1 is 1.03 bits per heavy atom. The van der Waals surface area contributed by atoms with E-state index in [9.17, 15) is 4.39 Å². The van der Waals surface area contributed by atoms with Gasteiger partial charge in [0, 0.05) is 52.2 Å². The van der Waals surface area contributed by atoms with Crippen LogP contribution >= 0.6 is 22.6 Å². The van der Waals surface area contributed by atoms with Gasteiger partial charge in [-0.25, -0.2) is 14.4 Å². The first-order valence-electron chi connectivity index (χ1n) is 13.8. The van der Waals surface area contributed by atoms with Gasteiger partial charge in [-0.3, -0.25) is 14.4 Å². The van der Waals surface area contributed by atoms with Crippen LogP contribution in [-0.4, -0.2) is 101 Å². The number of imidazole rings is 2. The van der Waals surface area contributed by atoms with Crippen LogP contribution in [0.2, 0.25) is 0 Å². The summed E-state index contributed by atoms with van der Waals surface area (Å²) in [6.45, 7) is 8.31. The molecule has 3 aliphatic rings. The van der Waals surface area contributed by atoms with Crippen LogP contribution < -0.4 is 4.90 Å². The molecule has 4 aromatic rings. The zero-order valence-electron chi connectivity index (χ0n) is 22.3. The molecule has 6 heterocycles. The van der Waals surface area contributed by atoms with E-state index < -0.39 is 6.17 Å². The van der Waals surface area contributed by atoms with Crippen LogP contribution in [0.3, 0.4) is 0 Å². The summed E-state index contributed by atoms with van der Waals surface area (Å²) in [5, 5.41) is 0. The second kappa shape index (κ2) is 10.2. The highest BCUT2D eigenvalue weighted by Gasteiger charge is 2.36. The number of alkyl halides is 2. The molecule has 0 radical (unpaired) electrons. The number of benzene rings is 1. The lowest BCUT2D eigenvalue weighted by atomic mass is 10.1. The summed E-state index contributed by atoms with van der Waals surface area (Å²) in [4.78, 5) is 27.2. The van der Waals surface area contributed by atoms with E-state index in [0.717, 1.165) is 85.4 Å². The Labute approximate surface area is 240 Å². The van der Waals surface area contributed by atoms with Crippen molar-refractivity contribution in [2.45, 2.75) is 42.6 Å². The Morgan fingerprint density at radius 3 is 2.64 bits per heavy atom. The number of rotatable bonds is 6. The van der Waals surface area contributed by atoms with E-state index in [2.05, 4.69) is 59.4 Å². The first-order valence-corrected chi connectivity index (χ1v) is 15.0. The summed E-state index contributed by atoms with van der Waals surface area (Å²) >= 11 is 2.34. The number of para-hydroxylation sites is 2. The van der Waals surface area contributed by atoms with E-state index in [1.54, 1.807) is 0 Å². The molecule has 3 fully saturated rings. The van der Waals surface area contributed by atoms with Crippen molar-refractivity contribution in [3.8, 4) is 5.95 Å². The van der Waals surface area contributed by atoms with E-state index in [4.69, 9.17) is 24.7 Å². The summed E-state index contributed by atoms with van der Waals surface area (Å²) < 4.78 is 23.8. The van der Waals surface area contributed by atoms with Crippen LogP contribution in [0.4, 0.5) is 10.2 Å². The van der Waals surface area contributed by atoms with Crippen molar-refractivity contribution in [3.05, 3.63) is 35.9 Å². The maximum absolute atomic E-state index is 13.7. The smallest absolute Gasteiger partial charge is 0.239 e. The van der Waals surface area contributed by atoms with Crippen molar-refractivity contribution in [1.82, 2.24) is 38.9 Å².